The number of rotatable bonds is 3. The fraction of sp³-hybridized carbons (Fsp3) is 0.333. The number of aromatic nitrogens is 1. The summed E-state index contributed by atoms with van der Waals surface area (Å²) in [5.74, 6) is 0.220. The molecule has 5 nitrogen and oxygen atoms in total. The van der Waals surface area contributed by atoms with E-state index in [2.05, 4.69) is 4.98 Å². The highest BCUT2D eigenvalue weighted by molar-refractivity contribution is 6.00. The van der Waals surface area contributed by atoms with E-state index in [4.69, 9.17) is 9.15 Å². The topological polar surface area (TPSA) is 72.6 Å². The van der Waals surface area contributed by atoms with Gasteiger partial charge in [-0.3, -0.25) is 4.79 Å². The number of ketones is 1. The minimum absolute atomic E-state index is 0.0515. The molecular formula is C15H15NO4. The van der Waals surface area contributed by atoms with Crippen LogP contribution in [0.15, 0.2) is 35.3 Å². The number of aliphatic hydroxyl groups is 1. The summed E-state index contributed by atoms with van der Waals surface area (Å²) in [7, 11) is 1.60. The van der Waals surface area contributed by atoms with Crippen LogP contribution in [0.25, 0.3) is 0 Å². The number of carbonyl (C=O) groups is 1. The van der Waals surface area contributed by atoms with Crippen LogP contribution in [0.2, 0.25) is 0 Å². The average molecular weight is 273 g/mol. The number of carbonyl (C=O) groups excluding carboxylic acids is 1. The molecule has 1 aliphatic rings. The molecule has 0 bridgehead atoms. The Hall–Kier alpha value is -2.14. The molecule has 20 heavy (non-hydrogen) atoms. The average Bonchev–Trinajstić information content (AvgIpc) is 3.01. The molecule has 0 aliphatic heterocycles. The maximum atomic E-state index is 12.5. The van der Waals surface area contributed by atoms with Crippen LogP contribution in [0.3, 0.4) is 0 Å². The van der Waals surface area contributed by atoms with Crippen molar-refractivity contribution in [1.29, 1.82) is 0 Å². The third-order valence-electron chi connectivity index (χ3n) is 3.77. The zero-order valence-corrected chi connectivity index (χ0v) is 11.1. The summed E-state index contributed by atoms with van der Waals surface area (Å²) in [5, 5.41) is 10.3. The predicted molar refractivity (Wildman–Crippen MR) is 70.6 cm³/mol. The fourth-order valence-corrected chi connectivity index (χ4v) is 2.66. The number of oxazole rings is 1. The van der Waals surface area contributed by atoms with Gasteiger partial charge in [0.25, 0.3) is 0 Å². The molecular weight excluding hydrogens is 258 g/mol. The summed E-state index contributed by atoms with van der Waals surface area (Å²) in [6.07, 6.45) is 3.04. The van der Waals surface area contributed by atoms with E-state index in [1.807, 2.05) is 6.07 Å². The second kappa shape index (κ2) is 5.09. The van der Waals surface area contributed by atoms with Gasteiger partial charge in [-0.1, -0.05) is 0 Å². The summed E-state index contributed by atoms with van der Waals surface area (Å²) in [6.45, 7) is 0. The molecule has 0 saturated carbocycles. The number of aliphatic hydroxyl groups excluding tert-OH is 1. The summed E-state index contributed by atoms with van der Waals surface area (Å²) < 4.78 is 10.0. The van der Waals surface area contributed by atoms with Crippen LogP contribution >= 0.6 is 0 Å². The van der Waals surface area contributed by atoms with E-state index in [0.29, 0.717) is 17.7 Å². The molecule has 0 amide bonds. The number of aryl methyl sites for hydroxylation is 1. The van der Waals surface area contributed by atoms with E-state index in [-0.39, 0.29) is 5.78 Å². The summed E-state index contributed by atoms with van der Waals surface area (Å²) in [4.78, 5) is 16.4. The normalized spacial score (nSPS) is 19.5. The molecule has 1 aromatic heterocycles. The minimum atomic E-state index is -0.920. The molecule has 0 fully saturated rings. The fourth-order valence-electron chi connectivity index (χ4n) is 2.66. The molecule has 1 aliphatic carbocycles. The van der Waals surface area contributed by atoms with E-state index < -0.39 is 12.0 Å². The number of hydrogen-bond donors (Lipinski definition) is 1. The zero-order chi connectivity index (χ0) is 14.1. The van der Waals surface area contributed by atoms with Crippen LogP contribution in [-0.4, -0.2) is 23.0 Å². The number of ether oxygens (including phenoxy) is 1. The van der Waals surface area contributed by atoms with Crippen molar-refractivity contribution in [3.8, 4) is 5.75 Å². The highest BCUT2D eigenvalue weighted by Gasteiger charge is 2.34. The van der Waals surface area contributed by atoms with Gasteiger partial charge in [-0.15, -0.1) is 0 Å². The van der Waals surface area contributed by atoms with Crippen LogP contribution in [0.4, 0.5) is 0 Å². The van der Waals surface area contributed by atoms with Crippen molar-refractivity contribution in [2.45, 2.75) is 18.9 Å². The molecule has 0 saturated heterocycles. The molecule has 2 atom stereocenters. The van der Waals surface area contributed by atoms with Crippen molar-refractivity contribution in [3.63, 3.8) is 0 Å². The summed E-state index contributed by atoms with van der Waals surface area (Å²) in [6, 6.07) is 5.41. The van der Waals surface area contributed by atoms with Crippen molar-refractivity contribution in [1.82, 2.24) is 4.98 Å². The van der Waals surface area contributed by atoms with Crippen LogP contribution < -0.4 is 4.74 Å². The van der Waals surface area contributed by atoms with E-state index in [9.17, 15) is 9.90 Å². The predicted octanol–water partition coefficient (Wildman–Crippen LogP) is 2.16. The third-order valence-corrected chi connectivity index (χ3v) is 3.77. The first-order valence-corrected chi connectivity index (χ1v) is 6.48. The van der Waals surface area contributed by atoms with Crippen molar-refractivity contribution in [2.75, 3.05) is 7.11 Å². The van der Waals surface area contributed by atoms with Gasteiger partial charge in [0.1, 0.15) is 23.8 Å². The SMILES string of the molecule is COc1ccc2c(c1)CCC(C(O)c1cocn1)C2=O. The van der Waals surface area contributed by atoms with Gasteiger partial charge < -0.3 is 14.3 Å². The van der Waals surface area contributed by atoms with Crippen molar-refractivity contribution in [3.05, 3.63) is 47.7 Å². The highest BCUT2D eigenvalue weighted by atomic mass is 16.5. The van der Waals surface area contributed by atoms with E-state index in [1.54, 1.807) is 19.2 Å². The molecule has 2 unspecified atom stereocenters. The number of benzene rings is 1. The van der Waals surface area contributed by atoms with E-state index in [1.165, 1.54) is 12.7 Å². The second-order valence-electron chi connectivity index (χ2n) is 4.89. The quantitative estimate of drug-likeness (QED) is 0.927. The molecule has 5 heteroatoms. The van der Waals surface area contributed by atoms with Gasteiger partial charge in [0, 0.05) is 5.56 Å². The van der Waals surface area contributed by atoms with Crippen molar-refractivity contribution < 1.29 is 19.1 Å². The second-order valence-corrected chi connectivity index (χ2v) is 4.89. The third kappa shape index (κ3) is 2.10. The molecule has 1 aromatic carbocycles. The zero-order valence-electron chi connectivity index (χ0n) is 11.1. The molecule has 0 spiro atoms. The monoisotopic (exact) mass is 273 g/mol. The Bertz CT molecular complexity index is 621. The first-order chi connectivity index (χ1) is 9.70. The van der Waals surface area contributed by atoms with Gasteiger partial charge in [0.2, 0.25) is 0 Å². The Morgan fingerprint density at radius 3 is 3.05 bits per heavy atom. The molecule has 0 radical (unpaired) electrons. The van der Waals surface area contributed by atoms with Gasteiger partial charge in [0.15, 0.2) is 12.2 Å². The molecule has 3 rings (SSSR count). The van der Waals surface area contributed by atoms with Crippen molar-refractivity contribution >= 4 is 5.78 Å². The Balaban J connectivity index is 1.89. The lowest BCUT2D eigenvalue weighted by Crippen LogP contribution is -2.28. The first kappa shape index (κ1) is 12.9. The molecule has 1 heterocycles. The minimum Gasteiger partial charge on any atom is -0.497 e. The Labute approximate surface area is 116 Å². The number of hydrogen-bond acceptors (Lipinski definition) is 5. The van der Waals surface area contributed by atoms with Crippen LogP contribution in [-0.2, 0) is 6.42 Å². The van der Waals surface area contributed by atoms with Gasteiger partial charge in [0.05, 0.1) is 13.0 Å². The van der Waals surface area contributed by atoms with Crippen molar-refractivity contribution in [2.24, 2.45) is 5.92 Å². The van der Waals surface area contributed by atoms with Crippen LogP contribution in [0.1, 0.15) is 34.1 Å². The lowest BCUT2D eigenvalue weighted by atomic mass is 9.79. The largest absolute Gasteiger partial charge is 0.497 e. The molecule has 2 aromatic rings. The van der Waals surface area contributed by atoms with E-state index >= 15 is 0 Å². The smallest absolute Gasteiger partial charge is 0.180 e. The van der Waals surface area contributed by atoms with Gasteiger partial charge in [-0.25, -0.2) is 4.98 Å². The van der Waals surface area contributed by atoms with Crippen LogP contribution in [0, 0.1) is 5.92 Å². The van der Waals surface area contributed by atoms with Gasteiger partial charge in [-0.05, 0) is 36.6 Å². The maximum absolute atomic E-state index is 12.5. The lowest BCUT2D eigenvalue weighted by molar-refractivity contribution is 0.0624. The number of Topliss-reactive ketones (excluding diaryl/α,β-unsaturated/α-hetero) is 1. The molecule has 104 valence electrons. The Morgan fingerprint density at radius 2 is 2.35 bits per heavy atom. The maximum Gasteiger partial charge on any atom is 0.180 e. The van der Waals surface area contributed by atoms with Crippen LogP contribution in [0.5, 0.6) is 5.75 Å². The number of nitrogens with zero attached hydrogens (tertiary/aromatic N) is 1. The summed E-state index contributed by atoms with van der Waals surface area (Å²) >= 11 is 0. The number of fused-ring (bicyclic) bond motifs is 1. The lowest BCUT2D eigenvalue weighted by Gasteiger charge is -2.26. The van der Waals surface area contributed by atoms with E-state index in [0.717, 1.165) is 17.7 Å². The Morgan fingerprint density at radius 1 is 1.50 bits per heavy atom. The molecule has 1 N–H and O–H groups in total. The van der Waals surface area contributed by atoms with Gasteiger partial charge in [-0.2, -0.15) is 0 Å². The summed E-state index contributed by atoms with van der Waals surface area (Å²) in [5.41, 5.74) is 2.03. The standard InChI is InChI=1S/C15H15NO4/c1-19-10-3-5-11-9(6-10)2-4-12(14(11)17)15(18)13-7-20-8-16-13/h3,5-8,12,15,18H,2,4H2,1H3. The van der Waals surface area contributed by atoms with Gasteiger partial charge >= 0.3 is 0 Å². The highest BCUT2D eigenvalue weighted by Crippen LogP contribution is 2.34. The number of methoxy groups -OCH3 is 1. The Kier molecular flexibility index (Phi) is 3.28. The first-order valence-electron chi connectivity index (χ1n) is 6.48.